The molecule has 2 unspecified atom stereocenters. The van der Waals surface area contributed by atoms with Gasteiger partial charge >= 0.3 is 5.91 Å². The summed E-state index contributed by atoms with van der Waals surface area (Å²) in [5, 5.41) is 21.3. The highest BCUT2D eigenvalue weighted by Crippen LogP contribution is 2.45. The van der Waals surface area contributed by atoms with Crippen molar-refractivity contribution in [1.82, 2.24) is 10.2 Å². The predicted molar refractivity (Wildman–Crippen MR) is 157 cm³/mol. The number of aliphatic hydroxyl groups is 1. The number of halogens is 2. The van der Waals surface area contributed by atoms with Gasteiger partial charge in [-0.15, -0.1) is 10.2 Å². The van der Waals surface area contributed by atoms with E-state index >= 15 is 0 Å². The fraction of sp³-hybridized carbons (Fsp3) is 0.172. The van der Waals surface area contributed by atoms with Crippen LogP contribution in [0.25, 0.3) is 5.76 Å². The van der Waals surface area contributed by atoms with Crippen LogP contribution in [0.5, 0.6) is 5.75 Å². The van der Waals surface area contributed by atoms with E-state index in [1.165, 1.54) is 28.0 Å². The molecule has 1 aromatic heterocycles. The van der Waals surface area contributed by atoms with Crippen LogP contribution >= 0.6 is 46.3 Å². The highest BCUT2D eigenvalue weighted by Gasteiger charge is 2.48. The number of carbonyl (C=O) groups is 2. The Balaban J connectivity index is 1.38. The Morgan fingerprint density at radius 1 is 1.07 bits per heavy atom. The number of Topliss-reactive ketones (excluding diaryl/α,β-unsaturated/α-hetero) is 1. The maximum absolute atomic E-state index is 13.5. The number of aromatic nitrogens is 2. The van der Waals surface area contributed by atoms with Crippen molar-refractivity contribution in [2.45, 2.75) is 35.6 Å². The Hall–Kier alpha value is -3.37. The number of nitrogens with zero attached hydrogens (tertiary/aromatic N) is 3. The van der Waals surface area contributed by atoms with Crippen molar-refractivity contribution < 1.29 is 19.4 Å². The lowest BCUT2D eigenvalue weighted by Crippen LogP contribution is -2.29. The summed E-state index contributed by atoms with van der Waals surface area (Å²) in [6.07, 6.45) is 0.706. The number of anilines is 1. The molecular formula is C29H21Cl2N3O4S2. The van der Waals surface area contributed by atoms with E-state index in [-0.39, 0.29) is 22.6 Å². The van der Waals surface area contributed by atoms with E-state index in [0.29, 0.717) is 37.7 Å². The van der Waals surface area contributed by atoms with Crippen molar-refractivity contribution in [3.05, 3.63) is 105 Å². The van der Waals surface area contributed by atoms with Crippen molar-refractivity contribution in [2.75, 3.05) is 4.90 Å². The number of carbonyl (C=O) groups excluding carboxylic acids is 2. The molecule has 4 aromatic rings. The second-order valence-electron chi connectivity index (χ2n) is 9.44. The van der Waals surface area contributed by atoms with Gasteiger partial charge in [0, 0.05) is 27.8 Å². The van der Waals surface area contributed by atoms with E-state index in [9.17, 15) is 14.7 Å². The smallest absolute Gasteiger partial charge is 0.301 e. The van der Waals surface area contributed by atoms with Crippen LogP contribution in [0.15, 0.2) is 76.6 Å². The number of ether oxygens (including phenoxy) is 1. The van der Waals surface area contributed by atoms with Crippen LogP contribution in [0.3, 0.4) is 0 Å². The fourth-order valence-electron chi connectivity index (χ4n) is 4.83. The second-order valence-corrected chi connectivity index (χ2v) is 12.5. The molecule has 0 radical (unpaired) electrons. The average molecular weight is 611 g/mol. The highest BCUT2D eigenvalue weighted by atomic mass is 35.5. The van der Waals surface area contributed by atoms with Gasteiger partial charge in [0.05, 0.1) is 11.6 Å². The minimum absolute atomic E-state index is 0.0218. The fourth-order valence-corrected chi connectivity index (χ4v) is 6.98. The van der Waals surface area contributed by atoms with Gasteiger partial charge in [-0.3, -0.25) is 14.5 Å². The molecule has 11 heteroatoms. The number of amides is 1. The molecule has 2 aliphatic heterocycles. The Morgan fingerprint density at radius 2 is 1.88 bits per heavy atom. The zero-order chi connectivity index (χ0) is 28.0. The molecule has 6 rings (SSSR count). The summed E-state index contributed by atoms with van der Waals surface area (Å²) in [6.45, 7) is 1.97. The largest absolute Gasteiger partial charge is 0.507 e. The zero-order valence-corrected chi connectivity index (χ0v) is 24.2. The van der Waals surface area contributed by atoms with Crippen molar-refractivity contribution >= 4 is 68.9 Å². The molecule has 202 valence electrons. The van der Waals surface area contributed by atoms with Gasteiger partial charge in [-0.25, -0.2) is 0 Å². The molecule has 3 heterocycles. The molecule has 2 aliphatic rings. The Bertz CT molecular complexity index is 1670. The SMILES string of the molecule is CC1Cc2cc(/C(O)=C3/C(=O)C(=O)N(c4nnc(SCc5ccc(Cl)cc5)s4)C3c3cccc(Cl)c3)ccc2O1. The number of aliphatic hydroxyl groups excluding tert-OH is 1. The normalized spacial score (nSPS) is 19.6. The first kappa shape index (κ1) is 26.8. The van der Waals surface area contributed by atoms with Gasteiger partial charge in [0.15, 0.2) is 4.34 Å². The van der Waals surface area contributed by atoms with E-state index < -0.39 is 17.7 Å². The number of ketones is 1. The molecule has 0 aliphatic carbocycles. The lowest BCUT2D eigenvalue weighted by molar-refractivity contribution is -0.132. The van der Waals surface area contributed by atoms with Crippen LogP contribution in [0.4, 0.5) is 5.13 Å². The maximum Gasteiger partial charge on any atom is 0.301 e. The summed E-state index contributed by atoms with van der Waals surface area (Å²) in [6, 6.07) is 18.7. The van der Waals surface area contributed by atoms with Crippen molar-refractivity contribution in [2.24, 2.45) is 0 Å². The van der Waals surface area contributed by atoms with E-state index in [2.05, 4.69) is 10.2 Å². The lowest BCUT2D eigenvalue weighted by Gasteiger charge is -2.22. The van der Waals surface area contributed by atoms with Gasteiger partial charge in [-0.05, 0) is 66.1 Å². The first-order valence-electron chi connectivity index (χ1n) is 12.4. The molecule has 7 nitrogen and oxygen atoms in total. The molecule has 40 heavy (non-hydrogen) atoms. The first-order valence-corrected chi connectivity index (χ1v) is 14.9. The minimum atomic E-state index is -0.941. The number of fused-ring (bicyclic) bond motifs is 1. The zero-order valence-electron chi connectivity index (χ0n) is 21.0. The van der Waals surface area contributed by atoms with Crippen LogP contribution in [0.2, 0.25) is 10.0 Å². The molecular weight excluding hydrogens is 589 g/mol. The summed E-state index contributed by atoms with van der Waals surface area (Å²) < 4.78 is 6.41. The molecule has 1 saturated heterocycles. The summed E-state index contributed by atoms with van der Waals surface area (Å²) in [4.78, 5) is 28.2. The lowest BCUT2D eigenvalue weighted by atomic mass is 9.94. The van der Waals surface area contributed by atoms with Crippen LogP contribution in [0, 0.1) is 0 Å². The van der Waals surface area contributed by atoms with Crippen molar-refractivity contribution in [3.63, 3.8) is 0 Å². The van der Waals surface area contributed by atoms with Crippen LogP contribution < -0.4 is 9.64 Å². The number of rotatable bonds is 6. The third kappa shape index (κ3) is 5.10. The van der Waals surface area contributed by atoms with Crippen molar-refractivity contribution in [1.29, 1.82) is 0 Å². The summed E-state index contributed by atoms with van der Waals surface area (Å²) >= 11 is 14.9. The Morgan fingerprint density at radius 3 is 2.65 bits per heavy atom. The highest BCUT2D eigenvalue weighted by molar-refractivity contribution is 8.00. The van der Waals surface area contributed by atoms with Crippen LogP contribution in [-0.4, -0.2) is 33.1 Å². The van der Waals surface area contributed by atoms with Gasteiger partial charge in [-0.1, -0.05) is 70.6 Å². The summed E-state index contributed by atoms with van der Waals surface area (Å²) in [5.41, 5.74) is 2.94. The summed E-state index contributed by atoms with van der Waals surface area (Å²) in [5.74, 6) is -0.500. The monoisotopic (exact) mass is 609 g/mol. The molecule has 0 spiro atoms. The van der Waals surface area contributed by atoms with Gasteiger partial charge in [0.1, 0.15) is 17.6 Å². The average Bonchev–Trinajstić information content (AvgIpc) is 3.63. The second kappa shape index (κ2) is 10.9. The van der Waals surface area contributed by atoms with Gasteiger partial charge in [0.2, 0.25) is 5.13 Å². The van der Waals surface area contributed by atoms with E-state index in [1.54, 1.807) is 42.5 Å². The van der Waals surface area contributed by atoms with Crippen molar-refractivity contribution in [3.8, 4) is 5.75 Å². The number of hydrogen-bond acceptors (Lipinski definition) is 8. The van der Waals surface area contributed by atoms with Crippen LogP contribution in [0.1, 0.15) is 35.2 Å². The number of thioether (sulfide) groups is 1. The number of benzene rings is 3. The molecule has 1 fully saturated rings. The molecule has 2 atom stereocenters. The van der Waals surface area contributed by atoms with Gasteiger partial charge in [0.25, 0.3) is 5.78 Å². The number of hydrogen-bond donors (Lipinski definition) is 1. The molecule has 0 saturated carbocycles. The van der Waals surface area contributed by atoms with Gasteiger partial charge in [-0.2, -0.15) is 0 Å². The third-order valence-corrected chi connectivity index (χ3v) is 9.27. The maximum atomic E-state index is 13.5. The van der Waals surface area contributed by atoms with E-state index in [4.69, 9.17) is 27.9 Å². The topological polar surface area (TPSA) is 92.6 Å². The molecule has 1 amide bonds. The third-order valence-electron chi connectivity index (χ3n) is 6.66. The molecule has 0 bridgehead atoms. The molecule has 3 aromatic carbocycles. The standard InChI is InChI=1S/C29H21Cl2N3O4S2/c1-15-11-19-12-18(7-10-22(19)38-15)25(35)23-24(17-3-2-4-21(31)13-17)34(27(37)26(23)36)28-32-33-29(40-28)39-14-16-5-8-20(30)9-6-16/h2-10,12-13,15,24,35H,11,14H2,1H3/b25-23-. The Kier molecular flexibility index (Phi) is 7.31. The minimum Gasteiger partial charge on any atom is -0.507 e. The van der Waals surface area contributed by atoms with Gasteiger partial charge < -0.3 is 9.84 Å². The first-order chi connectivity index (χ1) is 19.3. The quantitative estimate of drug-likeness (QED) is 0.0820. The van der Waals surface area contributed by atoms with E-state index in [0.717, 1.165) is 16.9 Å². The predicted octanol–water partition coefficient (Wildman–Crippen LogP) is 7.09. The van der Waals surface area contributed by atoms with E-state index in [1.807, 2.05) is 31.2 Å². The van der Waals surface area contributed by atoms with Crippen LogP contribution in [-0.2, 0) is 21.8 Å². The Labute approximate surface area is 248 Å². The molecule has 1 N–H and O–H groups in total. The summed E-state index contributed by atoms with van der Waals surface area (Å²) in [7, 11) is 0.